The van der Waals surface area contributed by atoms with Gasteiger partial charge in [-0.05, 0) is 68.1 Å². The summed E-state index contributed by atoms with van der Waals surface area (Å²) in [5.74, 6) is 0. The van der Waals surface area contributed by atoms with Crippen molar-refractivity contribution in [2.24, 2.45) is 5.41 Å². The van der Waals surface area contributed by atoms with Gasteiger partial charge in [-0.2, -0.15) is 0 Å². The van der Waals surface area contributed by atoms with E-state index in [9.17, 15) is 0 Å². The molecular weight excluding hydrogens is 240 g/mol. The molecule has 0 nitrogen and oxygen atoms in total. The van der Waals surface area contributed by atoms with E-state index >= 15 is 0 Å². The standard InChI is InChI=1S/C20H32/c1-7-9-10-12-16(3)18(8-2)15-19-17(4)13-11-14-20(19,5)6/h9-10,12,15H,7-8,11,13-14H2,1-6H3. The van der Waals surface area contributed by atoms with E-state index in [1.807, 2.05) is 0 Å². The summed E-state index contributed by atoms with van der Waals surface area (Å²) in [5.41, 5.74) is 6.38. The number of rotatable bonds is 5. The second-order valence-electron chi connectivity index (χ2n) is 6.64. The average molecular weight is 272 g/mol. The highest BCUT2D eigenvalue weighted by Crippen LogP contribution is 2.41. The summed E-state index contributed by atoms with van der Waals surface area (Å²) in [5, 5.41) is 0. The molecule has 0 amide bonds. The Morgan fingerprint density at radius 3 is 2.50 bits per heavy atom. The predicted octanol–water partition coefficient (Wildman–Crippen LogP) is 6.76. The minimum absolute atomic E-state index is 0.336. The van der Waals surface area contributed by atoms with Gasteiger partial charge >= 0.3 is 0 Å². The van der Waals surface area contributed by atoms with Crippen LogP contribution >= 0.6 is 0 Å². The molecule has 0 atom stereocenters. The van der Waals surface area contributed by atoms with Crippen LogP contribution < -0.4 is 0 Å². The quantitative estimate of drug-likeness (QED) is 0.485. The van der Waals surface area contributed by atoms with Crippen molar-refractivity contribution in [1.29, 1.82) is 0 Å². The minimum atomic E-state index is 0.336. The smallest absolute Gasteiger partial charge is 0.0104 e. The first-order valence-electron chi connectivity index (χ1n) is 8.17. The molecule has 0 bridgehead atoms. The van der Waals surface area contributed by atoms with Gasteiger partial charge < -0.3 is 0 Å². The maximum atomic E-state index is 2.47. The van der Waals surface area contributed by atoms with Gasteiger partial charge in [-0.25, -0.2) is 0 Å². The van der Waals surface area contributed by atoms with Crippen LogP contribution in [0.5, 0.6) is 0 Å². The van der Waals surface area contributed by atoms with Crippen LogP contribution in [0.15, 0.2) is 46.6 Å². The summed E-state index contributed by atoms with van der Waals surface area (Å²) < 4.78 is 0. The van der Waals surface area contributed by atoms with Crippen molar-refractivity contribution in [2.45, 2.75) is 73.6 Å². The summed E-state index contributed by atoms with van der Waals surface area (Å²) in [6, 6.07) is 0. The average Bonchev–Trinajstić information content (AvgIpc) is 2.38. The Bertz CT molecular complexity index is 439. The summed E-state index contributed by atoms with van der Waals surface area (Å²) in [6.45, 7) is 13.8. The molecule has 0 saturated carbocycles. The van der Waals surface area contributed by atoms with Crippen molar-refractivity contribution in [3.05, 3.63) is 46.6 Å². The first-order chi connectivity index (χ1) is 9.42. The summed E-state index contributed by atoms with van der Waals surface area (Å²) in [4.78, 5) is 0. The highest BCUT2D eigenvalue weighted by Gasteiger charge is 2.27. The molecule has 0 radical (unpaired) electrons. The van der Waals surface area contributed by atoms with Gasteiger partial charge in [0.2, 0.25) is 0 Å². The molecule has 1 aliphatic carbocycles. The van der Waals surface area contributed by atoms with Gasteiger partial charge in [0.25, 0.3) is 0 Å². The molecule has 0 aliphatic heterocycles. The second-order valence-corrected chi connectivity index (χ2v) is 6.64. The van der Waals surface area contributed by atoms with Crippen LogP contribution in [0.3, 0.4) is 0 Å². The summed E-state index contributed by atoms with van der Waals surface area (Å²) >= 11 is 0. The Balaban J connectivity index is 3.10. The third-order valence-electron chi connectivity index (χ3n) is 4.47. The van der Waals surface area contributed by atoms with Crippen molar-refractivity contribution >= 4 is 0 Å². The number of hydrogen-bond acceptors (Lipinski definition) is 0. The van der Waals surface area contributed by atoms with E-state index in [1.165, 1.54) is 30.4 Å². The SMILES string of the molecule is CCC=CC=C(C)C(=CC1=C(C)CCCC1(C)C)CC. The molecule has 0 heterocycles. The van der Waals surface area contributed by atoms with Crippen molar-refractivity contribution in [2.75, 3.05) is 0 Å². The minimum Gasteiger partial charge on any atom is -0.0848 e. The molecule has 20 heavy (non-hydrogen) atoms. The largest absolute Gasteiger partial charge is 0.0848 e. The highest BCUT2D eigenvalue weighted by atomic mass is 14.3. The van der Waals surface area contributed by atoms with Crippen molar-refractivity contribution in [1.82, 2.24) is 0 Å². The molecule has 0 spiro atoms. The first kappa shape index (κ1) is 17.0. The number of allylic oxidation sites excluding steroid dienone is 8. The molecule has 1 rings (SSSR count). The molecule has 112 valence electrons. The molecule has 0 N–H and O–H groups in total. The molecule has 1 aliphatic rings. The van der Waals surface area contributed by atoms with Gasteiger partial charge in [-0.15, -0.1) is 0 Å². The second kappa shape index (κ2) is 7.67. The molecule has 0 aromatic rings. The van der Waals surface area contributed by atoms with Crippen LogP contribution in [0.4, 0.5) is 0 Å². The van der Waals surface area contributed by atoms with E-state index in [0.29, 0.717) is 5.41 Å². The Kier molecular flexibility index (Phi) is 6.52. The number of hydrogen-bond donors (Lipinski definition) is 0. The fourth-order valence-electron chi connectivity index (χ4n) is 3.09. The monoisotopic (exact) mass is 272 g/mol. The fraction of sp³-hybridized carbons (Fsp3) is 0.600. The molecule has 0 aromatic carbocycles. The molecule has 0 aromatic heterocycles. The van der Waals surface area contributed by atoms with Crippen molar-refractivity contribution in [3.8, 4) is 0 Å². The van der Waals surface area contributed by atoms with E-state index in [-0.39, 0.29) is 0 Å². The lowest BCUT2D eigenvalue weighted by atomic mass is 9.72. The van der Waals surface area contributed by atoms with Crippen molar-refractivity contribution < 1.29 is 0 Å². The van der Waals surface area contributed by atoms with Gasteiger partial charge in [0.15, 0.2) is 0 Å². The third kappa shape index (κ3) is 4.51. The fourth-order valence-corrected chi connectivity index (χ4v) is 3.09. The maximum Gasteiger partial charge on any atom is -0.0104 e. The Hall–Kier alpha value is -1.04. The lowest BCUT2D eigenvalue weighted by molar-refractivity contribution is 0.376. The topological polar surface area (TPSA) is 0 Å². The van der Waals surface area contributed by atoms with Gasteiger partial charge in [-0.1, -0.05) is 57.6 Å². The van der Waals surface area contributed by atoms with Crippen molar-refractivity contribution in [3.63, 3.8) is 0 Å². The molecule has 0 heteroatoms. The van der Waals surface area contributed by atoms with E-state index in [1.54, 1.807) is 11.1 Å². The normalized spacial score (nSPS) is 20.9. The zero-order chi connectivity index (χ0) is 15.2. The zero-order valence-corrected chi connectivity index (χ0v) is 14.3. The van der Waals surface area contributed by atoms with Crippen LogP contribution in [0, 0.1) is 5.41 Å². The van der Waals surface area contributed by atoms with Crippen LogP contribution in [0.1, 0.15) is 73.6 Å². The Morgan fingerprint density at radius 2 is 1.95 bits per heavy atom. The van der Waals surface area contributed by atoms with Crippen LogP contribution in [-0.2, 0) is 0 Å². The van der Waals surface area contributed by atoms with Gasteiger partial charge in [0.05, 0.1) is 0 Å². The summed E-state index contributed by atoms with van der Waals surface area (Å²) in [6.07, 6.45) is 15.3. The lowest BCUT2D eigenvalue weighted by Gasteiger charge is -2.33. The predicted molar refractivity (Wildman–Crippen MR) is 91.9 cm³/mol. The maximum absolute atomic E-state index is 2.47. The molecule has 0 unspecified atom stereocenters. The Morgan fingerprint density at radius 1 is 1.25 bits per heavy atom. The van der Waals surface area contributed by atoms with Crippen LogP contribution in [-0.4, -0.2) is 0 Å². The first-order valence-corrected chi connectivity index (χ1v) is 8.17. The van der Waals surface area contributed by atoms with Gasteiger partial charge in [-0.3, -0.25) is 0 Å². The highest BCUT2D eigenvalue weighted by molar-refractivity contribution is 5.42. The molecule has 0 saturated heterocycles. The van der Waals surface area contributed by atoms with Crippen LogP contribution in [0.2, 0.25) is 0 Å². The van der Waals surface area contributed by atoms with Crippen LogP contribution in [0.25, 0.3) is 0 Å². The van der Waals surface area contributed by atoms with E-state index < -0.39 is 0 Å². The van der Waals surface area contributed by atoms with Gasteiger partial charge in [0.1, 0.15) is 0 Å². The third-order valence-corrected chi connectivity index (χ3v) is 4.47. The summed E-state index contributed by atoms with van der Waals surface area (Å²) in [7, 11) is 0. The van der Waals surface area contributed by atoms with Gasteiger partial charge in [0, 0.05) is 0 Å². The lowest BCUT2D eigenvalue weighted by Crippen LogP contribution is -2.19. The van der Waals surface area contributed by atoms with E-state index in [0.717, 1.165) is 12.8 Å². The van der Waals surface area contributed by atoms with E-state index in [2.05, 4.69) is 65.8 Å². The van der Waals surface area contributed by atoms with E-state index in [4.69, 9.17) is 0 Å². The molecule has 0 fully saturated rings. The molecular formula is C20H32. The zero-order valence-electron chi connectivity index (χ0n) is 14.3. The Labute approximate surface area is 126 Å².